The van der Waals surface area contributed by atoms with Crippen LogP contribution in [0.1, 0.15) is 35.2 Å². The summed E-state index contributed by atoms with van der Waals surface area (Å²) in [6, 6.07) is 14.1. The number of aromatic nitrogens is 1. The standard InChI is InChI=1S/C24H25N3O4S/c1-31-20-8-5-18-15-19-11-14-27(23(19)25-22(18)16-20)24(28)17-6-9-21(10-7-17)32(29,30)26-12-3-2-4-13-26/h5-10,15-16H,2-4,11-14H2,1H3. The maximum Gasteiger partial charge on any atom is 0.259 e. The third-order valence-corrected chi connectivity index (χ3v) is 8.15. The SMILES string of the molecule is COc1ccc2cc3c(nc2c1)N(C(=O)c1ccc(S(=O)(=O)N2CCCCC2)cc1)CC3. The van der Waals surface area contributed by atoms with Gasteiger partial charge < -0.3 is 4.74 Å². The highest BCUT2D eigenvalue weighted by molar-refractivity contribution is 7.89. The summed E-state index contributed by atoms with van der Waals surface area (Å²) in [5, 5.41) is 1.01. The molecule has 0 spiro atoms. The Morgan fingerprint density at radius 2 is 1.72 bits per heavy atom. The summed E-state index contributed by atoms with van der Waals surface area (Å²) in [5.74, 6) is 1.19. The molecule has 3 heterocycles. The quantitative estimate of drug-likeness (QED) is 0.605. The molecule has 0 atom stereocenters. The van der Waals surface area contributed by atoms with Gasteiger partial charge in [-0.3, -0.25) is 9.69 Å². The number of sulfonamides is 1. The number of anilines is 1. The van der Waals surface area contributed by atoms with Crippen LogP contribution in [-0.2, 0) is 16.4 Å². The third kappa shape index (κ3) is 3.63. The second-order valence-electron chi connectivity index (χ2n) is 8.23. The van der Waals surface area contributed by atoms with Crippen LogP contribution in [0.2, 0.25) is 0 Å². The van der Waals surface area contributed by atoms with Gasteiger partial charge in [0.1, 0.15) is 11.6 Å². The Bertz CT molecular complexity index is 1280. The number of carbonyl (C=O) groups is 1. The van der Waals surface area contributed by atoms with Gasteiger partial charge in [0.15, 0.2) is 0 Å². The number of methoxy groups -OCH3 is 1. The van der Waals surface area contributed by atoms with Crippen molar-refractivity contribution >= 4 is 32.7 Å². The van der Waals surface area contributed by atoms with Crippen LogP contribution in [0.15, 0.2) is 53.4 Å². The number of hydrogen-bond donors (Lipinski definition) is 0. The summed E-state index contributed by atoms with van der Waals surface area (Å²) in [7, 11) is -1.91. The molecule has 8 heteroatoms. The molecule has 3 aromatic rings. The first-order chi connectivity index (χ1) is 15.5. The van der Waals surface area contributed by atoms with E-state index >= 15 is 0 Å². The van der Waals surface area contributed by atoms with Crippen LogP contribution in [0.25, 0.3) is 10.9 Å². The fourth-order valence-corrected chi connectivity index (χ4v) is 5.96. The molecule has 166 valence electrons. The molecule has 0 bridgehead atoms. The summed E-state index contributed by atoms with van der Waals surface area (Å²) in [4.78, 5) is 19.9. The lowest BCUT2D eigenvalue weighted by molar-refractivity contribution is 0.0988. The Morgan fingerprint density at radius 1 is 0.969 bits per heavy atom. The van der Waals surface area contributed by atoms with Gasteiger partial charge in [0.2, 0.25) is 10.0 Å². The maximum atomic E-state index is 13.2. The zero-order valence-corrected chi connectivity index (χ0v) is 18.8. The minimum atomic E-state index is -3.52. The van der Waals surface area contributed by atoms with E-state index in [1.165, 1.54) is 16.4 Å². The maximum absolute atomic E-state index is 13.2. The van der Waals surface area contributed by atoms with Crippen molar-refractivity contribution in [2.75, 3.05) is 31.6 Å². The normalized spacial score (nSPS) is 16.8. The van der Waals surface area contributed by atoms with Crippen LogP contribution >= 0.6 is 0 Å². The third-order valence-electron chi connectivity index (χ3n) is 6.24. The number of amides is 1. The van der Waals surface area contributed by atoms with E-state index < -0.39 is 10.0 Å². The fourth-order valence-electron chi connectivity index (χ4n) is 4.44. The number of nitrogens with zero attached hydrogens (tertiary/aromatic N) is 3. The van der Waals surface area contributed by atoms with Crippen molar-refractivity contribution in [3.8, 4) is 5.75 Å². The molecule has 2 aromatic carbocycles. The number of carbonyl (C=O) groups excluding carboxylic acids is 1. The van der Waals surface area contributed by atoms with E-state index in [9.17, 15) is 13.2 Å². The van der Waals surface area contributed by atoms with E-state index in [1.54, 1.807) is 24.1 Å². The molecule has 1 aromatic heterocycles. The molecular weight excluding hydrogens is 426 g/mol. The highest BCUT2D eigenvalue weighted by atomic mass is 32.2. The largest absolute Gasteiger partial charge is 0.497 e. The number of benzene rings is 2. The molecule has 1 saturated heterocycles. The molecule has 32 heavy (non-hydrogen) atoms. The highest BCUT2D eigenvalue weighted by Crippen LogP contribution is 2.32. The summed E-state index contributed by atoms with van der Waals surface area (Å²) < 4.78 is 32.6. The Kier molecular flexibility index (Phi) is 5.35. The van der Waals surface area contributed by atoms with Gasteiger partial charge in [-0.1, -0.05) is 6.42 Å². The van der Waals surface area contributed by atoms with Gasteiger partial charge in [0.25, 0.3) is 5.91 Å². The van der Waals surface area contributed by atoms with Gasteiger partial charge in [-0.15, -0.1) is 0 Å². The zero-order chi connectivity index (χ0) is 22.3. The summed E-state index contributed by atoms with van der Waals surface area (Å²) >= 11 is 0. The predicted octanol–water partition coefficient (Wildman–Crippen LogP) is 3.62. The van der Waals surface area contributed by atoms with E-state index in [-0.39, 0.29) is 10.8 Å². The number of pyridine rings is 1. The van der Waals surface area contributed by atoms with Gasteiger partial charge in [0.05, 0.1) is 17.5 Å². The summed E-state index contributed by atoms with van der Waals surface area (Å²) in [5.41, 5.74) is 2.24. The molecule has 7 nitrogen and oxygen atoms in total. The Morgan fingerprint density at radius 3 is 2.44 bits per heavy atom. The minimum absolute atomic E-state index is 0.180. The van der Waals surface area contributed by atoms with Crippen molar-refractivity contribution < 1.29 is 17.9 Å². The molecule has 0 unspecified atom stereocenters. The number of fused-ring (bicyclic) bond motifs is 2. The van der Waals surface area contributed by atoms with Gasteiger partial charge in [0, 0.05) is 36.7 Å². The van der Waals surface area contributed by atoms with Gasteiger partial charge in [-0.25, -0.2) is 13.4 Å². The molecule has 5 rings (SSSR count). The van der Waals surface area contributed by atoms with Crippen molar-refractivity contribution in [3.05, 3.63) is 59.7 Å². The first-order valence-electron chi connectivity index (χ1n) is 10.9. The lowest BCUT2D eigenvalue weighted by atomic mass is 10.1. The van der Waals surface area contributed by atoms with Gasteiger partial charge in [-0.2, -0.15) is 4.31 Å². The number of piperidine rings is 1. The second kappa shape index (κ2) is 8.18. The molecule has 2 aliphatic heterocycles. The first kappa shape index (κ1) is 20.9. The van der Waals surface area contributed by atoms with Crippen LogP contribution in [0, 0.1) is 0 Å². The van der Waals surface area contributed by atoms with Gasteiger partial charge in [-0.05, 0) is 67.3 Å². The minimum Gasteiger partial charge on any atom is -0.497 e. The predicted molar refractivity (Wildman–Crippen MR) is 123 cm³/mol. The van der Waals surface area contributed by atoms with Gasteiger partial charge >= 0.3 is 0 Å². The average Bonchev–Trinajstić information content (AvgIpc) is 3.25. The van der Waals surface area contributed by atoms with E-state index in [0.29, 0.717) is 36.8 Å². The van der Waals surface area contributed by atoms with Crippen molar-refractivity contribution in [2.45, 2.75) is 30.6 Å². The Hall–Kier alpha value is -2.97. The Balaban J connectivity index is 1.41. The van der Waals surface area contributed by atoms with Crippen molar-refractivity contribution in [1.82, 2.24) is 9.29 Å². The molecule has 0 aliphatic carbocycles. The second-order valence-corrected chi connectivity index (χ2v) is 10.2. The van der Waals surface area contributed by atoms with Crippen molar-refractivity contribution in [2.24, 2.45) is 0 Å². The lowest BCUT2D eigenvalue weighted by Crippen LogP contribution is -2.35. The fraction of sp³-hybridized carbons (Fsp3) is 0.333. The van der Waals surface area contributed by atoms with Crippen molar-refractivity contribution in [1.29, 1.82) is 0 Å². The van der Waals surface area contributed by atoms with E-state index in [0.717, 1.165) is 42.1 Å². The molecular formula is C24H25N3O4S. The molecule has 0 radical (unpaired) electrons. The highest BCUT2D eigenvalue weighted by Gasteiger charge is 2.29. The summed E-state index contributed by atoms with van der Waals surface area (Å²) in [6.07, 6.45) is 3.57. The molecule has 2 aliphatic rings. The summed E-state index contributed by atoms with van der Waals surface area (Å²) in [6.45, 7) is 1.65. The smallest absolute Gasteiger partial charge is 0.259 e. The molecule has 0 saturated carbocycles. The van der Waals surface area contributed by atoms with E-state index in [1.807, 2.05) is 18.2 Å². The topological polar surface area (TPSA) is 79.8 Å². The van der Waals surface area contributed by atoms with Crippen molar-refractivity contribution in [3.63, 3.8) is 0 Å². The zero-order valence-electron chi connectivity index (χ0n) is 18.0. The monoisotopic (exact) mass is 451 g/mol. The number of ether oxygens (including phenoxy) is 1. The van der Waals surface area contributed by atoms with Crippen LogP contribution in [-0.4, -0.2) is 50.4 Å². The Labute approximate surface area is 187 Å². The molecule has 1 amide bonds. The number of rotatable bonds is 4. The number of hydrogen-bond acceptors (Lipinski definition) is 5. The average molecular weight is 452 g/mol. The van der Waals surface area contributed by atoms with Crippen LogP contribution in [0.5, 0.6) is 5.75 Å². The van der Waals surface area contributed by atoms with E-state index in [4.69, 9.17) is 9.72 Å². The van der Waals surface area contributed by atoms with E-state index in [2.05, 4.69) is 6.07 Å². The molecule has 1 fully saturated rings. The first-order valence-corrected chi connectivity index (χ1v) is 12.3. The lowest BCUT2D eigenvalue weighted by Gasteiger charge is -2.26. The van der Waals surface area contributed by atoms with Crippen LogP contribution < -0.4 is 9.64 Å². The molecule has 0 N–H and O–H groups in total. The van der Waals surface area contributed by atoms with Crippen LogP contribution in [0.3, 0.4) is 0 Å². The van der Waals surface area contributed by atoms with Crippen LogP contribution in [0.4, 0.5) is 5.82 Å².